The van der Waals surface area contributed by atoms with Gasteiger partial charge in [-0.3, -0.25) is 37.3 Å². The number of carbonyl (C=O) groups is 4. The predicted molar refractivity (Wildman–Crippen MR) is 445 cm³/mol. The molecule has 0 fully saturated rings. The van der Waals surface area contributed by atoms with Crippen molar-refractivity contribution in [3.63, 3.8) is 0 Å². The highest BCUT2D eigenvalue weighted by Crippen LogP contribution is 2.45. The molecule has 0 spiro atoms. The normalized spacial score (nSPS) is 14.7. The van der Waals surface area contributed by atoms with Crippen molar-refractivity contribution >= 4 is 39.5 Å². The third kappa shape index (κ3) is 78.5. The van der Waals surface area contributed by atoms with Gasteiger partial charge in [-0.2, -0.15) is 0 Å². The number of allylic oxidation sites excluding steroid dienone is 28. The Morgan fingerprint density at radius 1 is 0.269 bits per heavy atom. The van der Waals surface area contributed by atoms with E-state index < -0.39 is 97.5 Å². The Morgan fingerprint density at radius 2 is 0.500 bits per heavy atom. The molecule has 0 aliphatic heterocycles. The van der Waals surface area contributed by atoms with Crippen LogP contribution in [-0.2, 0) is 65.4 Å². The van der Waals surface area contributed by atoms with E-state index in [2.05, 4.69) is 180 Å². The maximum Gasteiger partial charge on any atom is 0.472 e. The van der Waals surface area contributed by atoms with Gasteiger partial charge in [-0.25, -0.2) is 9.13 Å². The van der Waals surface area contributed by atoms with E-state index in [1.165, 1.54) is 51.4 Å². The molecule has 0 aromatic rings. The van der Waals surface area contributed by atoms with Gasteiger partial charge < -0.3 is 33.8 Å². The molecule has 0 aromatic heterocycles. The summed E-state index contributed by atoms with van der Waals surface area (Å²) < 4.78 is 68.6. The summed E-state index contributed by atoms with van der Waals surface area (Å²) in [6.45, 7) is 4.41. The second-order valence-electron chi connectivity index (χ2n) is 26.9. The van der Waals surface area contributed by atoms with E-state index in [9.17, 15) is 43.2 Å². The van der Waals surface area contributed by atoms with Gasteiger partial charge in [-0.15, -0.1) is 0 Å². The molecule has 614 valence electrons. The van der Waals surface area contributed by atoms with Gasteiger partial charge in [0.15, 0.2) is 12.2 Å². The van der Waals surface area contributed by atoms with Crippen LogP contribution in [0.2, 0.25) is 0 Å². The molecule has 0 saturated heterocycles. The molecule has 0 bridgehead atoms. The van der Waals surface area contributed by atoms with Crippen molar-refractivity contribution in [2.45, 2.75) is 329 Å². The number of phosphoric ester groups is 2. The molecule has 17 nitrogen and oxygen atoms in total. The molecule has 5 unspecified atom stereocenters. The first-order valence-electron chi connectivity index (χ1n) is 41.4. The lowest BCUT2D eigenvalue weighted by atomic mass is 10.0. The Hall–Kier alpha value is -5.58. The zero-order valence-electron chi connectivity index (χ0n) is 67.2. The van der Waals surface area contributed by atoms with Crippen molar-refractivity contribution in [2.75, 3.05) is 39.6 Å². The summed E-state index contributed by atoms with van der Waals surface area (Å²) in [6.07, 6.45) is 94.8. The Balaban J connectivity index is 5.46. The lowest BCUT2D eigenvalue weighted by Gasteiger charge is -2.21. The molecule has 0 aromatic carbocycles. The van der Waals surface area contributed by atoms with Crippen LogP contribution in [0, 0.1) is 0 Å². The van der Waals surface area contributed by atoms with Crippen molar-refractivity contribution in [1.82, 2.24) is 0 Å². The average Bonchev–Trinajstić information content (AvgIpc) is 0.886. The molecule has 19 heteroatoms. The van der Waals surface area contributed by atoms with Crippen LogP contribution in [0.4, 0.5) is 0 Å². The monoisotopic (exact) mass is 1550 g/mol. The van der Waals surface area contributed by atoms with Crippen LogP contribution < -0.4 is 0 Å². The van der Waals surface area contributed by atoms with Gasteiger partial charge in [0.25, 0.3) is 0 Å². The molecular weight excluding hydrogens is 1400 g/mol. The number of unbranched alkanes of at least 4 members (excludes halogenated alkanes) is 22. The summed E-state index contributed by atoms with van der Waals surface area (Å²) in [5.41, 5.74) is 0. The van der Waals surface area contributed by atoms with Gasteiger partial charge >= 0.3 is 39.5 Å². The summed E-state index contributed by atoms with van der Waals surface area (Å²) in [6, 6.07) is 0. The van der Waals surface area contributed by atoms with Gasteiger partial charge in [0.05, 0.1) is 26.4 Å². The SMILES string of the molecule is CC/C=C\C/C=C\C/C=C\C/C=C\C/C=C\C/C=C\CCC(=O)OCC(COP(=O)(O)OCC(O)COP(=O)(O)OCC(COC(=O)CCCCCCCC/C=C\C/C=C\C/C=C\C/C=C\CC)OC(=O)CCCCCCCCCCCCCCC)OC(=O)CCCCCC/C=C\C/C=C\C/C=C\C/C=C\CC. The average molecular weight is 1550 g/mol. The Bertz CT molecular complexity index is 2710. The van der Waals surface area contributed by atoms with Crippen LogP contribution in [0.3, 0.4) is 0 Å². The Labute approximate surface area is 654 Å². The second-order valence-corrected chi connectivity index (χ2v) is 29.8. The molecule has 0 heterocycles. The predicted octanol–water partition coefficient (Wildman–Crippen LogP) is 24.6. The molecule has 5 atom stereocenters. The number of aliphatic hydroxyl groups excluding tert-OH is 1. The van der Waals surface area contributed by atoms with E-state index in [-0.39, 0.29) is 25.7 Å². The number of hydrogen-bond donors (Lipinski definition) is 3. The van der Waals surface area contributed by atoms with Crippen molar-refractivity contribution in [2.24, 2.45) is 0 Å². The van der Waals surface area contributed by atoms with Crippen molar-refractivity contribution < 1.29 is 80.2 Å². The number of aliphatic hydroxyl groups is 1. The minimum atomic E-state index is -5.01. The standard InChI is InChI=1S/C89H146O17P2/c1-5-9-13-17-21-25-29-33-36-39-41-44-46-50-53-57-61-65-69-73-86(91)99-79-84(105-88(93)75-71-67-63-59-55-49-32-28-24-20-16-12-8-4)81-103-107(95,96)101-77-83(90)78-102-108(97,98)104-82-85(106-89(94)76-72-68-64-60-56-52-48-43-38-35-31-27-23-19-15-11-7-3)80-100-87(92)74-70-66-62-58-54-51-47-45-42-40-37-34-30-26-22-18-14-10-6-2/h9-11,13-15,21-23,25-27,33-38,41-42,44-45,48,51-52,54,62,66,83-85,90H,5-8,12,16-20,24,28-32,39-40,43,46-47,49-50,53,55-61,63-65,67-82H2,1-4H3,(H,95,96)(H,97,98)/b13-9-,14-10-,15-11-,25-21-,26-22-,27-23-,36-33-,37-34-,38-35-,44-41-,45-42-,52-48-,54-51-,66-62-. The second kappa shape index (κ2) is 79.5. The zero-order valence-corrected chi connectivity index (χ0v) is 69.0. The summed E-state index contributed by atoms with van der Waals surface area (Å²) in [5, 5.41) is 10.7. The zero-order chi connectivity index (χ0) is 78.9. The van der Waals surface area contributed by atoms with Crippen LogP contribution in [0.5, 0.6) is 0 Å². The largest absolute Gasteiger partial charge is 0.472 e. The van der Waals surface area contributed by atoms with Crippen molar-refractivity contribution in [3.8, 4) is 0 Å². The molecule has 108 heavy (non-hydrogen) atoms. The topological polar surface area (TPSA) is 237 Å². The smallest absolute Gasteiger partial charge is 0.462 e. The number of esters is 4. The molecule has 0 amide bonds. The van der Waals surface area contributed by atoms with Gasteiger partial charge in [0.2, 0.25) is 0 Å². The maximum atomic E-state index is 13.1. The first-order valence-corrected chi connectivity index (χ1v) is 44.4. The summed E-state index contributed by atoms with van der Waals surface area (Å²) in [7, 11) is -10.0. The molecule has 0 rings (SSSR count). The number of carbonyl (C=O) groups excluding carboxylic acids is 4. The minimum absolute atomic E-state index is 0.0249. The molecule has 0 aliphatic carbocycles. The van der Waals surface area contributed by atoms with Gasteiger partial charge in [0, 0.05) is 25.7 Å². The van der Waals surface area contributed by atoms with E-state index in [1.54, 1.807) is 0 Å². The van der Waals surface area contributed by atoms with Crippen LogP contribution in [0.1, 0.15) is 310 Å². The van der Waals surface area contributed by atoms with E-state index in [0.717, 1.165) is 173 Å². The first-order chi connectivity index (χ1) is 52.7. The van der Waals surface area contributed by atoms with E-state index in [0.29, 0.717) is 32.1 Å². The van der Waals surface area contributed by atoms with Crippen LogP contribution in [-0.4, -0.2) is 96.7 Å². The van der Waals surface area contributed by atoms with E-state index in [1.807, 2.05) is 18.2 Å². The quantitative estimate of drug-likeness (QED) is 0.0169. The van der Waals surface area contributed by atoms with Crippen molar-refractivity contribution in [1.29, 1.82) is 0 Å². The highest BCUT2D eigenvalue weighted by molar-refractivity contribution is 7.47. The number of phosphoric acid groups is 2. The van der Waals surface area contributed by atoms with Crippen molar-refractivity contribution in [3.05, 3.63) is 170 Å². The Morgan fingerprint density at radius 3 is 0.796 bits per heavy atom. The third-order valence-corrected chi connectivity index (χ3v) is 18.6. The summed E-state index contributed by atoms with van der Waals surface area (Å²) >= 11 is 0. The summed E-state index contributed by atoms with van der Waals surface area (Å²) in [5.74, 6) is -2.32. The molecule has 3 N–H and O–H groups in total. The Kier molecular flexibility index (Phi) is 75.4. The minimum Gasteiger partial charge on any atom is -0.462 e. The van der Waals surface area contributed by atoms with E-state index in [4.69, 9.17) is 37.0 Å². The first kappa shape index (κ1) is 102. The number of hydrogen-bond acceptors (Lipinski definition) is 15. The fourth-order valence-electron chi connectivity index (χ4n) is 10.5. The lowest BCUT2D eigenvalue weighted by Crippen LogP contribution is -2.30. The number of rotatable bonds is 76. The lowest BCUT2D eigenvalue weighted by molar-refractivity contribution is -0.161. The van der Waals surface area contributed by atoms with Crippen LogP contribution in [0.25, 0.3) is 0 Å². The molecule has 0 aliphatic rings. The van der Waals surface area contributed by atoms with Crippen LogP contribution in [0.15, 0.2) is 170 Å². The molecule has 0 radical (unpaired) electrons. The molecule has 0 saturated carbocycles. The van der Waals surface area contributed by atoms with Gasteiger partial charge in [-0.05, 0) is 141 Å². The third-order valence-electron chi connectivity index (χ3n) is 16.7. The highest BCUT2D eigenvalue weighted by Gasteiger charge is 2.30. The summed E-state index contributed by atoms with van der Waals surface area (Å²) in [4.78, 5) is 73.1. The van der Waals surface area contributed by atoms with E-state index >= 15 is 0 Å². The fourth-order valence-corrected chi connectivity index (χ4v) is 12.1. The fraction of sp³-hybridized carbons (Fsp3) is 0.640. The maximum absolute atomic E-state index is 13.1. The number of ether oxygens (including phenoxy) is 4. The van der Waals surface area contributed by atoms with Gasteiger partial charge in [-0.1, -0.05) is 313 Å². The highest BCUT2D eigenvalue weighted by atomic mass is 31.2. The molecular formula is C89H146O17P2. The van der Waals surface area contributed by atoms with Gasteiger partial charge in [0.1, 0.15) is 19.3 Å². The van der Waals surface area contributed by atoms with Crippen LogP contribution >= 0.6 is 15.6 Å².